The molecule has 2 atom stereocenters. The summed E-state index contributed by atoms with van der Waals surface area (Å²) >= 11 is 0. The van der Waals surface area contributed by atoms with Gasteiger partial charge < -0.3 is 15.5 Å². The van der Waals surface area contributed by atoms with Gasteiger partial charge in [0.15, 0.2) is 0 Å². The minimum absolute atomic E-state index is 0.0104. The third-order valence-corrected chi connectivity index (χ3v) is 6.45. The molecular formula is C25H22N4O6S. The van der Waals surface area contributed by atoms with Gasteiger partial charge in [-0.3, -0.25) is 4.79 Å². The summed E-state index contributed by atoms with van der Waals surface area (Å²) in [7, 11) is -4.14. The van der Waals surface area contributed by atoms with Crippen molar-refractivity contribution >= 4 is 27.6 Å². The van der Waals surface area contributed by atoms with Crippen LogP contribution in [-0.4, -0.2) is 37.1 Å². The maximum absolute atomic E-state index is 12.5. The molecule has 0 aliphatic carbocycles. The highest BCUT2D eigenvalue weighted by Gasteiger charge is 2.19. The molecule has 3 rings (SSSR count). The fourth-order valence-electron chi connectivity index (χ4n) is 3.24. The largest absolute Gasteiger partial charge is 0.478 e. The highest BCUT2D eigenvalue weighted by Crippen LogP contribution is 2.23. The molecule has 3 aromatic rings. The standard InChI is InChI=1S/C25H22N4O6S/c1-16(23(30)18-5-3-2-4-6-18)15-27-29-36(34,35)20-10-8-19(9-11-20)24(31)28-22-12-7-17(14-26)13-21(22)25(32)33/h2-13,16,23,30H,15H2,1H3,(H,28,31)(H,32,33). The molecule has 3 N–H and O–H groups in total. The zero-order chi connectivity index (χ0) is 26.3. The number of rotatable bonds is 9. The summed E-state index contributed by atoms with van der Waals surface area (Å²) in [6.45, 7) is 1.70. The smallest absolute Gasteiger partial charge is 0.337 e. The second-order valence-electron chi connectivity index (χ2n) is 7.87. The van der Waals surface area contributed by atoms with Crippen molar-refractivity contribution in [1.82, 2.24) is 0 Å². The van der Waals surface area contributed by atoms with Gasteiger partial charge in [0.1, 0.15) is 0 Å². The van der Waals surface area contributed by atoms with Gasteiger partial charge in [0.2, 0.25) is 0 Å². The fourth-order valence-corrected chi connectivity index (χ4v) is 4.03. The Morgan fingerprint density at radius 1 is 1.06 bits per heavy atom. The number of amides is 1. The van der Waals surface area contributed by atoms with Gasteiger partial charge in [-0.15, -0.1) is 0 Å². The number of nitriles is 1. The van der Waals surface area contributed by atoms with Crippen LogP contribution in [0.4, 0.5) is 5.69 Å². The molecule has 184 valence electrons. The third-order valence-electron chi connectivity index (χ3n) is 5.26. The minimum atomic E-state index is -4.14. The van der Waals surface area contributed by atoms with Crippen molar-refractivity contribution in [3.63, 3.8) is 0 Å². The molecule has 0 bridgehead atoms. The predicted molar refractivity (Wildman–Crippen MR) is 130 cm³/mol. The lowest BCUT2D eigenvalue weighted by Crippen LogP contribution is -2.15. The van der Waals surface area contributed by atoms with Crippen molar-refractivity contribution in [3.05, 3.63) is 95.1 Å². The van der Waals surface area contributed by atoms with Crippen molar-refractivity contribution in [3.8, 4) is 6.07 Å². The summed E-state index contributed by atoms with van der Waals surface area (Å²) < 4.78 is 28.4. The first-order valence-corrected chi connectivity index (χ1v) is 12.1. The molecular weight excluding hydrogens is 484 g/mol. The van der Waals surface area contributed by atoms with Gasteiger partial charge >= 0.3 is 5.97 Å². The molecule has 11 heteroatoms. The molecule has 0 spiro atoms. The highest BCUT2D eigenvalue weighted by molar-refractivity contribution is 7.90. The maximum Gasteiger partial charge on any atom is 0.337 e. The molecule has 0 saturated carbocycles. The van der Waals surface area contributed by atoms with E-state index in [0.29, 0.717) is 5.56 Å². The van der Waals surface area contributed by atoms with Crippen LogP contribution in [0.3, 0.4) is 0 Å². The first kappa shape index (κ1) is 26.2. The first-order valence-electron chi connectivity index (χ1n) is 10.7. The summed E-state index contributed by atoms with van der Waals surface area (Å²) in [5, 5.41) is 34.8. The van der Waals surface area contributed by atoms with E-state index in [9.17, 15) is 28.2 Å². The number of carbonyl (C=O) groups is 2. The van der Waals surface area contributed by atoms with E-state index in [0.717, 1.165) is 6.07 Å². The van der Waals surface area contributed by atoms with Crippen LogP contribution in [0.2, 0.25) is 0 Å². The molecule has 2 unspecified atom stereocenters. The Hall–Kier alpha value is -4.40. The van der Waals surface area contributed by atoms with E-state index in [4.69, 9.17) is 5.26 Å². The van der Waals surface area contributed by atoms with Crippen molar-refractivity contribution in [2.75, 3.05) is 11.9 Å². The quantitative estimate of drug-likeness (QED) is 0.368. The van der Waals surface area contributed by atoms with E-state index >= 15 is 0 Å². The van der Waals surface area contributed by atoms with Gasteiger partial charge in [-0.05, 0) is 48.0 Å². The fraction of sp³-hybridized carbons (Fsp3) is 0.160. The lowest BCUT2D eigenvalue weighted by Gasteiger charge is -2.16. The zero-order valence-corrected chi connectivity index (χ0v) is 19.9. The number of anilines is 1. The molecule has 0 fully saturated rings. The van der Waals surface area contributed by atoms with E-state index in [2.05, 4.69) is 15.0 Å². The number of aliphatic hydroxyl groups is 1. The van der Waals surface area contributed by atoms with Crippen LogP contribution in [0, 0.1) is 17.2 Å². The van der Waals surface area contributed by atoms with Gasteiger partial charge in [0.25, 0.3) is 15.9 Å². The first-order chi connectivity index (χ1) is 17.1. The van der Waals surface area contributed by atoms with Crippen molar-refractivity contribution < 1.29 is 28.2 Å². The van der Waals surface area contributed by atoms with Gasteiger partial charge in [-0.1, -0.05) is 41.8 Å². The van der Waals surface area contributed by atoms with Crippen LogP contribution >= 0.6 is 0 Å². The van der Waals surface area contributed by atoms with Crippen LogP contribution in [-0.2, 0) is 10.0 Å². The van der Waals surface area contributed by atoms with Crippen LogP contribution in [0.25, 0.3) is 0 Å². The number of sulfonamides is 1. The summed E-state index contributed by atoms with van der Waals surface area (Å²) in [5.74, 6) is -2.37. The van der Waals surface area contributed by atoms with Gasteiger partial charge in [-0.2, -0.15) is 18.8 Å². The number of carboxylic acids is 1. The normalized spacial score (nSPS) is 13.0. The molecule has 0 aliphatic heterocycles. The van der Waals surface area contributed by atoms with Crippen molar-refractivity contribution in [2.45, 2.75) is 17.9 Å². The van der Waals surface area contributed by atoms with Gasteiger partial charge in [0, 0.05) is 11.5 Å². The molecule has 10 nitrogen and oxygen atoms in total. The van der Waals surface area contributed by atoms with Crippen LogP contribution < -0.4 is 5.32 Å². The average molecular weight is 507 g/mol. The number of nitrogens with one attached hydrogen (secondary N) is 1. The van der Waals surface area contributed by atoms with Crippen LogP contribution in [0.1, 0.15) is 44.9 Å². The SMILES string of the molecule is CC(CN=NS(=O)(=O)c1ccc(C(=O)Nc2ccc(C#N)cc2C(=O)O)cc1)C(O)c1ccccc1. The molecule has 0 aliphatic rings. The number of carbonyl (C=O) groups excluding carboxylic acids is 1. The van der Waals surface area contributed by atoms with E-state index in [1.165, 1.54) is 36.4 Å². The van der Waals surface area contributed by atoms with Crippen LogP contribution in [0.15, 0.2) is 87.3 Å². The molecule has 0 radical (unpaired) electrons. The Bertz CT molecular complexity index is 1430. The summed E-state index contributed by atoms with van der Waals surface area (Å²) in [6.07, 6.45) is -0.830. The molecule has 1 amide bonds. The molecule has 0 aromatic heterocycles. The van der Waals surface area contributed by atoms with Gasteiger partial charge in [-0.25, -0.2) is 4.79 Å². The second kappa shape index (κ2) is 11.4. The Morgan fingerprint density at radius 3 is 2.33 bits per heavy atom. The number of aliphatic hydroxyl groups excluding tert-OH is 1. The maximum atomic E-state index is 12.5. The van der Waals surface area contributed by atoms with E-state index in [1.54, 1.807) is 31.2 Å². The summed E-state index contributed by atoms with van der Waals surface area (Å²) in [4.78, 5) is 23.8. The Morgan fingerprint density at radius 2 is 1.72 bits per heavy atom. The zero-order valence-electron chi connectivity index (χ0n) is 19.1. The lowest BCUT2D eigenvalue weighted by molar-refractivity contribution is 0.0698. The number of nitrogens with zero attached hydrogens (tertiary/aromatic N) is 3. The van der Waals surface area contributed by atoms with E-state index in [-0.39, 0.29) is 39.7 Å². The molecule has 3 aromatic carbocycles. The highest BCUT2D eigenvalue weighted by atomic mass is 32.2. The van der Waals surface area contributed by atoms with Crippen molar-refractivity contribution in [1.29, 1.82) is 5.26 Å². The minimum Gasteiger partial charge on any atom is -0.478 e. The number of aromatic carboxylic acids is 1. The second-order valence-corrected chi connectivity index (χ2v) is 9.45. The average Bonchev–Trinajstić information content (AvgIpc) is 2.88. The Kier molecular flexibility index (Phi) is 8.26. The Labute approximate surface area is 207 Å². The third kappa shape index (κ3) is 6.38. The van der Waals surface area contributed by atoms with E-state index < -0.39 is 28.0 Å². The van der Waals surface area contributed by atoms with Crippen molar-refractivity contribution in [2.24, 2.45) is 15.6 Å². The number of benzene rings is 3. The van der Waals surface area contributed by atoms with E-state index in [1.807, 2.05) is 12.1 Å². The number of hydrogen-bond acceptors (Lipinski definition) is 7. The number of carboxylic acid groups (broad SMARTS) is 1. The lowest BCUT2D eigenvalue weighted by atomic mass is 9.98. The molecule has 0 heterocycles. The Balaban J connectivity index is 1.67. The predicted octanol–water partition coefficient (Wildman–Crippen LogP) is 4.02. The molecule has 0 saturated heterocycles. The number of hydrogen-bond donors (Lipinski definition) is 3. The molecule has 36 heavy (non-hydrogen) atoms. The van der Waals surface area contributed by atoms with Crippen LogP contribution in [0.5, 0.6) is 0 Å². The topological polar surface area (TPSA) is 169 Å². The monoisotopic (exact) mass is 506 g/mol. The summed E-state index contributed by atoms with van der Waals surface area (Å²) in [5.41, 5.74) is 0.620. The summed E-state index contributed by atoms with van der Waals surface area (Å²) in [6, 6.07) is 19.4. The van der Waals surface area contributed by atoms with Gasteiger partial charge in [0.05, 0.1) is 40.4 Å².